The zero-order valence-corrected chi connectivity index (χ0v) is 20.4. The molecule has 1 aromatic rings. The fourth-order valence-corrected chi connectivity index (χ4v) is 6.37. The second-order valence-electron chi connectivity index (χ2n) is 10.9. The fourth-order valence-electron chi connectivity index (χ4n) is 6.37. The average molecular weight is 489 g/mol. The lowest BCUT2D eigenvalue weighted by Gasteiger charge is -2.34. The molecule has 192 valence electrons. The summed E-state index contributed by atoms with van der Waals surface area (Å²) in [6, 6.07) is -1.41. The Morgan fingerprint density at radius 1 is 1.23 bits per heavy atom. The molecule has 4 amide bonds. The fraction of sp³-hybridized carbons (Fsp3) is 0.783. The van der Waals surface area contributed by atoms with Gasteiger partial charge in [-0.3, -0.25) is 19.2 Å². The Kier molecular flexibility index (Phi) is 6.20. The molecule has 35 heavy (non-hydrogen) atoms. The molecular weight excluding hydrogens is 452 g/mol. The number of likely N-dealkylation sites (tertiary alicyclic amines) is 1. The number of hydrogen-bond acceptors (Lipinski definition) is 7. The van der Waals surface area contributed by atoms with Crippen LogP contribution in [0.25, 0.3) is 0 Å². The standard InChI is InChI=1S/C23H36N8O4/c1-16(32)29-7-5-28(6-8-29)10-17-11-30(27-26-17)15-23(13-22(23)3-2-4-22)14-25-20(34)19-9-18(33)12-31(19)21(24)35/h11,18-19,33H,2-10,12-15H2,1H3,(H2,24,35)(H,25,34). The summed E-state index contributed by atoms with van der Waals surface area (Å²) in [4.78, 5) is 41.5. The lowest BCUT2D eigenvalue weighted by Crippen LogP contribution is -2.49. The van der Waals surface area contributed by atoms with Crippen molar-refractivity contribution in [3.8, 4) is 0 Å². The highest BCUT2D eigenvalue weighted by Crippen LogP contribution is 2.74. The number of piperazine rings is 1. The first-order valence-electron chi connectivity index (χ1n) is 12.6. The molecule has 4 fully saturated rings. The van der Waals surface area contributed by atoms with Gasteiger partial charge in [-0.1, -0.05) is 11.6 Å². The third-order valence-corrected chi connectivity index (χ3v) is 8.71. The van der Waals surface area contributed by atoms with Gasteiger partial charge in [-0.05, 0) is 24.7 Å². The summed E-state index contributed by atoms with van der Waals surface area (Å²) in [7, 11) is 0. The Balaban J connectivity index is 1.18. The molecule has 4 N–H and O–H groups in total. The van der Waals surface area contributed by atoms with Gasteiger partial charge >= 0.3 is 6.03 Å². The summed E-state index contributed by atoms with van der Waals surface area (Å²) >= 11 is 0. The minimum Gasteiger partial charge on any atom is -0.391 e. The maximum Gasteiger partial charge on any atom is 0.315 e. The van der Waals surface area contributed by atoms with Crippen molar-refractivity contribution in [1.82, 2.24) is 35.0 Å². The highest BCUT2D eigenvalue weighted by atomic mass is 16.3. The SMILES string of the molecule is CC(=O)N1CCN(Cc2cn(CC3(CNC(=O)C4CC(O)CN4C(N)=O)CC34CCC4)nn2)CC1. The van der Waals surface area contributed by atoms with Crippen molar-refractivity contribution in [2.45, 2.75) is 64.3 Å². The molecule has 5 rings (SSSR count). The number of β-amino-alcohol motifs (C(OH)–C–C–N with tert-alkyl or cyclic N) is 1. The molecule has 0 aromatic carbocycles. The molecule has 1 aromatic heterocycles. The zero-order valence-electron chi connectivity index (χ0n) is 20.4. The Morgan fingerprint density at radius 3 is 2.57 bits per heavy atom. The van der Waals surface area contributed by atoms with Gasteiger partial charge in [0.15, 0.2) is 0 Å². The number of aliphatic hydroxyl groups excluding tert-OH is 1. The van der Waals surface area contributed by atoms with Gasteiger partial charge in [-0.15, -0.1) is 5.10 Å². The number of carbonyl (C=O) groups is 3. The summed E-state index contributed by atoms with van der Waals surface area (Å²) in [5.41, 5.74) is 6.48. The summed E-state index contributed by atoms with van der Waals surface area (Å²) < 4.78 is 1.90. The van der Waals surface area contributed by atoms with E-state index in [9.17, 15) is 19.5 Å². The molecule has 2 aliphatic carbocycles. The van der Waals surface area contributed by atoms with Crippen LogP contribution in [0.1, 0.15) is 44.7 Å². The minimum atomic E-state index is -0.731. The molecule has 3 unspecified atom stereocenters. The summed E-state index contributed by atoms with van der Waals surface area (Å²) in [5.74, 6) is -0.140. The molecule has 2 aliphatic heterocycles. The van der Waals surface area contributed by atoms with Gasteiger partial charge in [0.2, 0.25) is 11.8 Å². The molecule has 3 atom stereocenters. The third kappa shape index (κ3) is 4.61. The van der Waals surface area contributed by atoms with Crippen LogP contribution in [0, 0.1) is 10.8 Å². The molecule has 2 saturated carbocycles. The quantitative estimate of drug-likeness (QED) is 0.452. The van der Waals surface area contributed by atoms with Gasteiger partial charge in [-0.25, -0.2) is 4.79 Å². The number of nitrogens with two attached hydrogens (primary N) is 1. The van der Waals surface area contributed by atoms with E-state index < -0.39 is 18.2 Å². The van der Waals surface area contributed by atoms with Crippen LogP contribution in [0.2, 0.25) is 0 Å². The van der Waals surface area contributed by atoms with Gasteiger partial charge in [0.1, 0.15) is 6.04 Å². The number of aliphatic hydroxyl groups is 1. The van der Waals surface area contributed by atoms with Crippen molar-refractivity contribution < 1.29 is 19.5 Å². The van der Waals surface area contributed by atoms with E-state index in [1.807, 2.05) is 15.8 Å². The summed E-state index contributed by atoms with van der Waals surface area (Å²) in [6.07, 6.45) is 6.02. The van der Waals surface area contributed by atoms with Gasteiger partial charge in [-0.2, -0.15) is 0 Å². The van der Waals surface area contributed by atoms with E-state index in [0.717, 1.165) is 51.1 Å². The molecule has 12 heteroatoms. The lowest BCUT2D eigenvalue weighted by molar-refractivity contribution is -0.130. The Labute approximate surface area is 204 Å². The van der Waals surface area contributed by atoms with Crippen LogP contribution in [-0.4, -0.2) is 104 Å². The van der Waals surface area contributed by atoms with Crippen molar-refractivity contribution in [2.24, 2.45) is 16.6 Å². The highest BCUT2D eigenvalue weighted by Gasteiger charge is 2.69. The van der Waals surface area contributed by atoms with Gasteiger partial charge in [0.05, 0.1) is 18.3 Å². The van der Waals surface area contributed by atoms with Crippen LogP contribution in [0.15, 0.2) is 6.20 Å². The number of hydrogen-bond donors (Lipinski definition) is 3. The van der Waals surface area contributed by atoms with Crippen molar-refractivity contribution in [3.63, 3.8) is 0 Å². The van der Waals surface area contributed by atoms with Crippen LogP contribution >= 0.6 is 0 Å². The number of amides is 4. The lowest BCUT2D eigenvalue weighted by atomic mass is 9.75. The third-order valence-electron chi connectivity index (χ3n) is 8.71. The van der Waals surface area contributed by atoms with Crippen molar-refractivity contribution in [1.29, 1.82) is 0 Å². The second kappa shape index (κ2) is 9.05. The van der Waals surface area contributed by atoms with Crippen LogP contribution in [-0.2, 0) is 22.7 Å². The average Bonchev–Trinajstić information content (AvgIpc) is 3.02. The van der Waals surface area contributed by atoms with E-state index in [1.165, 1.54) is 11.3 Å². The number of primary amides is 1. The Morgan fingerprint density at radius 2 is 1.97 bits per heavy atom. The highest BCUT2D eigenvalue weighted by molar-refractivity contribution is 5.87. The van der Waals surface area contributed by atoms with E-state index in [4.69, 9.17) is 5.73 Å². The normalized spacial score (nSPS) is 29.8. The molecule has 1 spiro atoms. The van der Waals surface area contributed by atoms with E-state index in [0.29, 0.717) is 19.6 Å². The number of urea groups is 1. The molecule has 0 radical (unpaired) electrons. The number of aromatic nitrogens is 3. The second-order valence-corrected chi connectivity index (χ2v) is 10.9. The van der Waals surface area contributed by atoms with Crippen molar-refractivity contribution in [2.75, 3.05) is 39.3 Å². The molecule has 0 bridgehead atoms. The number of carbonyl (C=O) groups excluding carboxylic acids is 3. The van der Waals surface area contributed by atoms with Gasteiger partial charge in [0.25, 0.3) is 0 Å². The summed E-state index contributed by atoms with van der Waals surface area (Å²) in [5, 5.41) is 21.7. The van der Waals surface area contributed by atoms with E-state index in [2.05, 4.69) is 20.5 Å². The first-order valence-corrected chi connectivity index (χ1v) is 12.6. The van der Waals surface area contributed by atoms with Gasteiger partial charge in [0, 0.05) is 70.8 Å². The first-order chi connectivity index (χ1) is 16.7. The molecule has 3 heterocycles. The van der Waals surface area contributed by atoms with Crippen LogP contribution in [0.5, 0.6) is 0 Å². The topological polar surface area (TPSA) is 150 Å². The van der Waals surface area contributed by atoms with E-state index in [-0.39, 0.29) is 35.6 Å². The Bertz CT molecular complexity index is 986. The minimum absolute atomic E-state index is 0.0756. The van der Waals surface area contributed by atoms with Gasteiger partial charge < -0.3 is 26.0 Å². The maximum absolute atomic E-state index is 12.9. The van der Waals surface area contributed by atoms with Crippen LogP contribution in [0.3, 0.4) is 0 Å². The van der Waals surface area contributed by atoms with Crippen molar-refractivity contribution >= 4 is 17.8 Å². The van der Waals surface area contributed by atoms with E-state index in [1.54, 1.807) is 6.92 Å². The Hall–Kier alpha value is -2.73. The largest absolute Gasteiger partial charge is 0.391 e. The van der Waals surface area contributed by atoms with Crippen LogP contribution < -0.4 is 11.1 Å². The smallest absolute Gasteiger partial charge is 0.315 e. The number of nitrogens with one attached hydrogen (secondary N) is 1. The molecule has 4 aliphatic rings. The predicted octanol–water partition coefficient (Wildman–Crippen LogP) is -0.867. The number of nitrogens with zero attached hydrogens (tertiary/aromatic N) is 6. The predicted molar refractivity (Wildman–Crippen MR) is 125 cm³/mol. The first kappa shape index (κ1) is 24.0. The number of rotatable bonds is 7. The van der Waals surface area contributed by atoms with Crippen LogP contribution in [0.4, 0.5) is 4.79 Å². The molecule has 12 nitrogen and oxygen atoms in total. The monoisotopic (exact) mass is 488 g/mol. The molecular formula is C23H36N8O4. The summed E-state index contributed by atoms with van der Waals surface area (Å²) in [6.45, 7) is 6.71. The maximum atomic E-state index is 12.9. The van der Waals surface area contributed by atoms with E-state index >= 15 is 0 Å². The zero-order chi connectivity index (χ0) is 24.8. The molecule has 2 saturated heterocycles. The van der Waals surface area contributed by atoms with Crippen molar-refractivity contribution in [3.05, 3.63) is 11.9 Å².